The minimum Gasteiger partial charge on any atom is -0.394 e. The van der Waals surface area contributed by atoms with Crippen LogP contribution < -0.4 is 5.32 Å². The Hall–Kier alpha value is -1.46. The molecule has 0 spiro atoms. The monoisotopic (exact) mass is 906 g/mol. The summed E-state index contributed by atoms with van der Waals surface area (Å²) in [5, 5.41) is 55.2. The molecule has 1 amide bonds. The highest BCUT2D eigenvalue weighted by Gasteiger charge is 2.48. The van der Waals surface area contributed by atoms with E-state index in [9.17, 15) is 43.3 Å². The van der Waals surface area contributed by atoms with E-state index in [0.717, 1.165) is 38.5 Å². The van der Waals surface area contributed by atoms with Crippen LogP contribution in [0.5, 0.6) is 0 Å². The maximum Gasteiger partial charge on any atom is 0.397 e. The van der Waals surface area contributed by atoms with Gasteiger partial charge in [0.05, 0.1) is 25.4 Å². The van der Waals surface area contributed by atoms with Gasteiger partial charge in [-0.05, 0) is 32.1 Å². The van der Waals surface area contributed by atoms with Crippen LogP contribution in [0.2, 0.25) is 0 Å². The van der Waals surface area contributed by atoms with Crippen LogP contribution in [0.15, 0.2) is 24.3 Å². The first-order valence-electron chi connectivity index (χ1n) is 24.8. The average Bonchev–Trinajstić information content (AvgIpc) is 3.24. The highest BCUT2D eigenvalue weighted by atomic mass is 32.3. The second-order valence-corrected chi connectivity index (χ2v) is 18.6. The molecule has 1 heterocycles. The van der Waals surface area contributed by atoms with Crippen LogP contribution in [0.25, 0.3) is 0 Å². The van der Waals surface area contributed by atoms with E-state index >= 15 is 0 Å². The average molecular weight is 906 g/mol. The molecule has 0 aromatic rings. The van der Waals surface area contributed by atoms with E-state index in [2.05, 4.69) is 35.5 Å². The number of nitrogens with one attached hydrogen (secondary N) is 1. The van der Waals surface area contributed by atoms with Crippen molar-refractivity contribution in [3.8, 4) is 0 Å². The molecule has 7 N–H and O–H groups in total. The number of allylic oxidation sites excluding steroid dienone is 3. The predicted molar refractivity (Wildman–Crippen MR) is 247 cm³/mol. The van der Waals surface area contributed by atoms with E-state index in [4.69, 9.17) is 9.47 Å². The van der Waals surface area contributed by atoms with Crippen molar-refractivity contribution in [2.75, 3.05) is 13.2 Å². The van der Waals surface area contributed by atoms with Crippen LogP contribution >= 0.6 is 0 Å². The quantitative estimate of drug-likeness (QED) is 0.0174. The van der Waals surface area contributed by atoms with Crippen LogP contribution in [-0.4, -0.2) is 107 Å². The zero-order valence-corrected chi connectivity index (χ0v) is 39.6. The molecule has 1 aliphatic rings. The lowest BCUT2D eigenvalue weighted by molar-refractivity contribution is -0.298. The van der Waals surface area contributed by atoms with E-state index in [1.165, 1.54) is 147 Å². The molecule has 1 aliphatic heterocycles. The second-order valence-electron chi connectivity index (χ2n) is 17.5. The van der Waals surface area contributed by atoms with Gasteiger partial charge in [-0.2, -0.15) is 8.42 Å². The third kappa shape index (κ3) is 30.6. The van der Waals surface area contributed by atoms with Crippen molar-refractivity contribution >= 4 is 16.3 Å². The second kappa shape index (κ2) is 38.8. The number of hydrogen-bond donors (Lipinski definition) is 7. The van der Waals surface area contributed by atoms with Gasteiger partial charge in [-0.15, -0.1) is 0 Å². The first-order chi connectivity index (χ1) is 29.9. The minimum atomic E-state index is -5.12. The molecule has 0 aromatic heterocycles. The van der Waals surface area contributed by atoms with Gasteiger partial charge in [-0.1, -0.05) is 205 Å². The molecule has 62 heavy (non-hydrogen) atoms. The molecule has 0 aromatic carbocycles. The van der Waals surface area contributed by atoms with Gasteiger partial charge in [0.2, 0.25) is 5.91 Å². The normalized spacial score (nSPS) is 21.2. The van der Waals surface area contributed by atoms with Gasteiger partial charge >= 0.3 is 10.4 Å². The Bertz CT molecular complexity index is 1220. The Morgan fingerprint density at radius 3 is 1.55 bits per heavy atom. The molecule has 14 heteroatoms. The number of carbonyl (C=O) groups excluding carboxylic acids is 1. The first-order valence-corrected chi connectivity index (χ1v) is 26.2. The Morgan fingerprint density at radius 2 is 1.08 bits per heavy atom. The molecule has 1 saturated heterocycles. The Kier molecular flexibility index (Phi) is 36.6. The van der Waals surface area contributed by atoms with Gasteiger partial charge in [-0.3, -0.25) is 9.35 Å². The van der Waals surface area contributed by atoms with E-state index < -0.39 is 78.5 Å². The van der Waals surface area contributed by atoms with E-state index in [-0.39, 0.29) is 6.42 Å². The van der Waals surface area contributed by atoms with Crippen LogP contribution in [0.1, 0.15) is 213 Å². The van der Waals surface area contributed by atoms with Crippen molar-refractivity contribution in [2.45, 2.75) is 262 Å². The number of rotatable bonds is 42. The lowest BCUT2D eigenvalue weighted by Gasteiger charge is -2.41. The summed E-state index contributed by atoms with van der Waals surface area (Å²) in [5.41, 5.74) is 0. The zero-order valence-electron chi connectivity index (χ0n) is 38.8. The molecule has 0 aliphatic carbocycles. The van der Waals surface area contributed by atoms with Gasteiger partial charge in [0.1, 0.15) is 30.5 Å². The largest absolute Gasteiger partial charge is 0.397 e. The van der Waals surface area contributed by atoms with Crippen LogP contribution in [-0.2, 0) is 28.9 Å². The van der Waals surface area contributed by atoms with Crippen molar-refractivity contribution < 1.29 is 57.0 Å². The number of amides is 1. The van der Waals surface area contributed by atoms with E-state index in [0.29, 0.717) is 12.8 Å². The van der Waals surface area contributed by atoms with Crippen LogP contribution in [0, 0.1) is 0 Å². The lowest BCUT2D eigenvalue weighted by atomic mass is 9.99. The molecule has 13 nitrogen and oxygen atoms in total. The van der Waals surface area contributed by atoms with Gasteiger partial charge in [0.25, 0.3) is 0 Å². The first kappa shape index (κ1) is 58.6. The number of carbonyl (C=O) groups is 1. The summed E-state index contributed by atoms with van der Waals surface area (Å²) in [4.78, 5) is 13.1. The van der Waals surface area contributed by atoms with Crippen molar-refractivity contribution in [2.24, 2.45) is 0 Å². The molecule has 1 rings (SSSR count). The maximum atomic E-state index is 13.1. The Morgan fingerprint density at radius 1 is 0.645 bits per heavy atom. The number of aliphatic hydroxyl groups is 5. The third-order valence-electron chi connectivity index (χ3n) is 11.8. The molecule has 366 valence electrons. The van der Waals surface area contributed by atoms with Gasteiger partial charge in [0.15, 0.2) is 6.29 Å². The topological polar surface area (TPSA) is 212 Å². The number of hydrogen-bond acceptors (Lipinski definition) is 11. The molecule has 8 unspecified atom stereocenters. The SMILES string of the molecule is CCCCCCCCCCCCCCC/C=C/CC/C=C/C(O)C(COC1OC(CO)C(O)C(OS(=O)(=O)O)C1O)NC(=O)C(O)CCCCCCCCCCCCCCCC. The standard InChI is InChI=1S/C48H91NO12S/c1-3-5-7-9-11-13-15-17-19-20-21-22-23-25-26-28-30-32-34-36-41(51)40(39-59-48-45(54)46(61-62(56,57)58)44(53)43(38-50)60-48)49-47(55)42(52)37-35-33-31-29-27-24-18-16-14-12-10-8-6-4-2/h26,28,34,36,40-46,48,50-54H,3-25,27,29-33,35,37-39H2,1-2H3,(H,49,55)(H,56,57,58)/b28-26+,36-34+. The summed E-state index contributed by atoms with van der Waals surface area (Å²) in [7, 11) is -5.12. The predicted octanol–water partition coefficient (Wildman–Crippen LogP) is 9.08. The summed E-state index contributed by atoms with van der Waals surface area (Å²) in [6, 6.07) is -1.13. The molecule has 8 atom stereocenters. The molecule has 0 bridgehead atoms. The van der Waals surface area contributed by atoms with Crippen molar-refractivity contribution in [1.29, 1.82) is 0 Å². The maximum absolute atomic E-state index is 13.1. The Labute approximate surface area is 376 Å². The highest BCUT2D eigenvalue weighted by Crippen LogP contribution is 2.26. The number of aliphatic hydroxyl groups excluding tert-OH is 5. The fourth-order valence-electron chi connectivity index (χ4n) is 7.89. The fraction of sp³-hybridized carbons (Fsp3) is 0.896. The van der Waals surface area contributed by atoms with E-state index in [1.807, 2.05) is 0 Å². The van der Waals surface area contributed by atoms with Gasteiger partial charge in [-0.25, -0.2) is 4.18 Å². The van der Waals surface area contributed by atoms with Gasteiger partial charge < -0.3 is 40.3 Å². The molecule has 1 fully saturated rings. The smallest absolute Gasteiger partial charge is 0.394 e. The molecular weight excluding hydrogens is 815 g/mol. The van der Waals surface area contributed by atoms with Crippen molar-refractivity contribution in [3.63, 3.8) is 0 Å². The summed E-state index contributed by atoms with van der Waals surface area (Å²) in [6.07, 6.45) is 32.6. The summed E-state index contributed by atoms with van der Waals surface area (Å²) >= 11 is 0. The lowest BCUT2D eigenvalue weighted by Crippen LogP contribution is -2.61. The van der Waals surface area contributed by atoms with Crippen molar-refractivity contribution in [3.05, 3.63) is 24.3 Å². The third-order valence-corrected chi connectivity index (χ3v) is 12.3. The molecular formula is C48H91NO12S. The van der Waals surface area contributed by atoms with E-state index in [1.54, 1.807) is 6.08 Å². The van der Waals surface area contributed by atoms with Crippen molar-refractivity contribution in [1.82, 2.24) is 5.32 Å². The summed E-state index contributed by atoms with van der Waals surface area (Å²) in [6.45, 7) is 3.21. The molecule has 0 saturated carbocycles. The highest BCUT2D eigenvalue weighted by molar-refractivity contribution is 7.80. The summed E-state index contributed by atoms with van der Waals surface area (Å²) < 4.78 is 47.5. The zero-order chi connectivity index (χ0) is 45.7. The molecule has 0 radical (unpaired) electrons. The Balaban J connectivity index is 2.57. The minimum absolute atomic E-state index is 0.240. The number of unbranched alkanes of at least 4 members (excludes halogenated alkanes) is 27. The summed E-state index contributed by atoms with van der Waals surface area (Å²) in [5.74, 6) is -0.710. The van der Waals surface area contributed by atoms with Crippen LogP contribution in [0.3, 0.4) is 0 Å². The van der Waals surface area contributed by atoms with Gasteiger partial charge in [0, 0.05) is 0 Å². The number of ether oxygens (including phenoxy) is 2. The fourth-order valence-corrected chi connectivity index (χ4v) is 8.40. The van der Waals surface area contributed by atoms with Crippen LogP contribution in [0.4, 0.5) is 0 Å².